The van der Waals surface area contributed by atoms with E-state index in [-0.39, 0.29) is 18.4 Å². The van der Waals surface area contributed by atoms with Crippen LogP contribution < -0.4 is 15.4 Å². The maximum absolute atomic E-state index is 12.8. The van der Waals surface area contributed by atoms with Crippen molar-refractivity contribution in [1.29, 1.82) is 0 Å². The number of hydrogen-bond donors (Lipinski definition) is 2. The van der Waals surface area contributed by atoms with Gasteiger partial charge in [0, 0.05) is 16.1 Å². The van der Waals surface area contributed by atoms with Crippen LogP contribution in [0.15, 0.2) is 42.5 Å². The Bertz CT molecular complexity index is 1250. The molecular formula is C27H30N2O5S. The predicted molar refractivity (Wildman–Crippen MR) is 139 cm³/mol. The predicted octanol–water partition coefficient (Wildman–Crippen LogP) is 5.82. The Morgan fingerprint density at radius 3 is 2.29 bits per heavy atom. The number of amides is 2. The number of thiophene rings is 1. The van der Waals surface area contributed by atoms with Gasteiger partial charge < -0.3 is 20.1 Å². The number of anilines is 2. The molecule has 0 spiro atoms. The van der Waals surface area contributed by atoms with Gasteiger partial charge in [0.1, 0.15) is 10.8 Å². The smallest absolute Gasteiger partial charge is 0.341 e. The van der Waals surface area contributed by atoms with Gasteiger partial charge in [0.2, 0.25) is 0 Å². The zero-order valence-electron chi connectivity index (χ0n) is 20.8. The molecule has 2 amide bonds. The zero-order valence-corrected chi connectivity index (χ0v) is 21.6. The molecule has 2 aromatic carbocycles. The van der Waals surface area contributed by atoms with Gasteiger partial charge in [-0.2, -0.15) is 0 Å². The number of carbonyl (C=O) groups is 3. The average Bonchev–Trinajstić information content (AvgIpc) is 3.10. The van der Waals surface area contributed by atoms with Crippen LogP contribution in [0.3, 0.4) is 0 Å². The molecule has 0 unspecified atom stereocenters. The Morgan fingerprint density at radius 1 is 0.943 bits per heavy atom. The Kier molecular flexibility index (Phi) is 8.30. The molecule has 7 nitrogen and oxygen atoms in total. The van der Waals surface area contributed by atoms with Crippen molar-refractivity contribution in [3.8, 4) is 5.75 Å². The summed E-state index contributed by atoms with van der Waals surface area (Å²) in [5.41, 5.74) is 4.41. The minimum Gasteiger partial charge on any atom is -0.481 e. The van der Waals surface area contributed by atoms with Crippen molar-refractivity contribution in [3.05, 3.63) is 75.2 Å². The van der Waals surface area contributed by atoms with E-state index in [4.69, 9.17) is 9.47 Å². The van der Waals surface area contributed by atoms with E-state index < -0.39 is 12.1 Å². The first-order valence-corrected chi connectivity index (χ1v) is 12.2. The summed E-state index contributed by atoms with van der Waals surface area (Å²) in [6, 6.07) is 12.2. The van der Waals surface area contributed by atoms with Crippen molar-refractivity contribution in [2.45, 2.75) is 47.6 Å². The lowest BCUT2D eigenvalue weighted by Crippen LogP contribution is -2.30. The Labute approximate surface area is 209 Å². The van der Waals surface area contributed by atoms with Gasteiger partial charge in [-0.1, -0.05) is 12.1 Å². The first-order valence-electron chi connectivity index (χ1n) is 11.3. The molecule has 0 saturated carbocycles. The van der Waals surface area contributed by atoms with E-state index >= 15 is 0 Å². The minimum atomic E-state index is -0.737. The second-order valence-corrected chi connectivity index (χ2v) is 9.41. The maximum atomic E-state index is 12.8. The van der Waals surface area contributed by atoms with E-state index in [9.17, 15) is 14.4 Å². The number of aryl methyl sites for hydroxylation is 2. The molecule has 0 aliphatic rings. The molecule has 2 N–H and O–H groups in total. The summed E-state index contributed by atoms with van der Waals surface area (Å²) in [7, 11) is 0. The van der Waals surface area contributed by atoms with E-state index in [0.29, 0.717) is 21.9 Å². The summed E-state index contributed by atoms with van der Waals surface area (Å²) >= 11 is 1.33. The van der Waals surface area contributed by atoms with Crippen molar-refractivity contribution in [2.24, 2.45) is 0 Å². The number of esters is 1. The summed E-state index contributed by atoms with van der Waals surface area (Å²) < 4.78 is 10.9. The van der Waals surface area contributed by atoms with Crippen molar-refractivity contribution in [2.75, 3.05) is 17.2 Å². The fourth-order valence-corrected chi connectivity index (χ4v) is 4.45. The normalized spacial score (nSPS) is 11.5. The molecule has 8 heteroatoms. The average molecular weight is 495 g/mol. The van der Waals surface area contributed by atoms with Crippen LogP contribution in [0.5, 0.6) is 5.75 Å². The van der Waals surface area contributed by atoms with E-state index in [1.807, 2.05) is 45.9 Å². The monoisotopic (exact) mass is 494 g/mol. The van der Waals surface area contributed by atoms with Crippen LogP contribution in [0, 0.1) is 27.7 Å². The number of rotatable bonds is 8. The third-order valence-corrected chi connectivity index (χ3v) is 6.88. The summed E-state index contributed by atoms with van der Waals surface area (Å²) in [5.74, 6) is -0.624. The Morgan fingerprint density at radius 2 is 1.63 bits per heavy atom. The SMILES string of the molecule is CCOC(=O)c1c(NC(=O)c2ccc(O[C@@H](C)C(=O)Nc3cccc(C)c3C)cc2)sc(C)c1C. The van der Waals surface area contributed by atoms with Crippen LogP contribution in [0.4, 0.5) is 10.7 Å². The quantitative estimate of drug-likeness (QED) is 0.385. The van der Waals surface area contributed by atoms with Crippen molar-refractivity contribution in [3.63, 3.8) is 0 Å². The molecule has 0 bridgehead atoms. The van der Waals surface area contributed by atoms with Gasteiger partial charge in [0.05, 0.1) is 12.2 Å². The number of hydrogen-bond acceptors (Lipinski definition) is 6. The van der Waals surface area contributed by atoms with Gasteiger partial charge >= 0.3 is 5.97 Å². The fourth-order valence-electron chi connectivity index (χ4n) is 3.40. The molecule has 1 aromatic heterocycles. The highest BCUT2D eigenvalue weighted by atomic mass is 32.1. The number of carbonyl (C=O) groups excluding carboxylic acids is 3. The van der Waals surface area contributed by atoms with Crippen molar-refractivity contribution >= 4 is 39.8 Å². The number of nitrogens with one attached hydrogen (secondary N) is 2. The largest absolute Gasteiger partial charge is 0.481 e. The lowest BCUT2D eigenvalue weighted by molar-refractivity contribution is -0.122. The molecule has 3 aromatic rings. The van der Waals surface area contributed by atoms with Gasteiger partial charge in [-0.05, 0) is 88.6 Å². The van der Waals surface area contributed by atoms with E-state index in [2.05, 4.69) is 10.6 Å². The molecular weight excluding hydrogens is 464 g/mol. The highest BCUT2D eigenvalue weighted by molar-refractivity contribution is 7.16. The van der Waals surface area contributed by atoms with Crippen LogP contribution in [0.25, 0.3) is 0 Å². The lowest BCUT2D eigenvalue weighted by atomic mass is 10.1. The summed E-state index contributed by atoms with van der Waals surface area (Å²) in [6.45, 7) is 11.3. The van der Waals surface area contributed by atoms with E-state index in [0.717, 1.165) is 27.3 Å². The topological polar surface area (TPSA) is 93.7 Å². The van der Waals surface area contributed by atoms with Crippen LogP contribution >= 0.6 is 11.3 Å². The van der Waals surface area contributed by atoms with Crippen LogP contribution in [-0.2, 0) is 9.53 Å². The maximum Gasteiger partial charge on any atom is 0.341 e. The molecule has 0 radical (unpaired) electrons. The molecule has 184 valence electrons. The molecule has 0 fully saturated rings. The zero-order chi connectivity index (χ0) is 25.7. The summed E-state index contributed by atoms with van der Waals surface area (Å²) in [6.07, 6.45) is -0.737. The van der Waals surface area contributed by atoms with Gasteiger partial charge in [-0.3, -0.25) is 9.59 Å². The number of ether oxygens (including phenoxy) is 2. The fraction of sp³-hybridized carbons (Fsp3) is 0.296. The standard InChI is InChI=1S/C27H30N2O5S/c1-7-33-27(32)23-17(4)19(6)35-26(23)29-25(31)20-11-13-21(14-12-20)34-18(5)24(30)28-22-10-8-9-15(2)16(22)3/h8-14,18H,7H2,1-6H3,(H,28,30)(H,29,31)/t18-/m0/s1. The Hall–Kier alpha value is -3.65. The highest BCUT2D eigenvalue weighted by Gasteiger charge is 2.22. The first-order chi connectivity index (χ1) is 16.6. The van der Waals surface area contributed by atoms with Crippen molar-refractivity contribution in [1.82, 2.24) is 0 Å². The molecule has 3 rings (SSSR count). The summed E-state index contributed by atoms with van der Waals surface area (Å²) in [4.78, 5) is 38.7. The number of benzene rings is 2. The summed E-state index contributed by atoms with van der Waals surface area (Å²) in [5, 5.41) is 6.17. The van der Waals surface area contributed by atoms with E-state index in [1.165, 1.54) is 11.3 Å². The molecule has 35 heavy (non-hydrogen) atoms. The van der Waals surface area contributed by atoms with Gasteiger partial charge in [-0.25, -0.2) is 4.79 Å². The van der Waals surface area contributed by atoms with Crippen LogP contribution in [0.2, 0.25) is 0 Å². The molecule has 0 saturated heterocycles. The van der Waals surface area contributed by atoms with Crippen molar-refractivity contribution < 1.29 is 23.9 Å². The Balaban J connectivity index is 1.65. The molecule has 0 aliphatic heterocycles. The van der Waals surface area contributed by atoms with Gasteiger partial charge in [0.25, 0.3) is 11.8 Å². The third-order valence-electron chi connectivity index (χ3n) is 5.75. The molecule has 1 heterocycles. The van der Waals surface area contributed by atoms with Crippen LogP contribution in [0.1, 0.15) is 56.1 Å². The van der Waals surface area contributed by atoms with E-state index in [1.54, 1.807) is 38.1 Å². The molecule has 0 aliphatic carbocycles. The lowest BCUT2D eigenvalue weighted by Gasteiger charge is -2.16. The van der Waals surface area contributed by atoms with Gasteiger partial charge in [-0.15, -0.1) is 11.3 Å². The third kappa shape index (κ3) is 6.08. The van der Waals surface area contributed by atoms with Crippen LogP contribution in [-0.4, -0.2) is 30.5 Å². The second-order valence-electron chi connectivity index (χ2n) is 8.18. The second kappa shape index (κ2) is 11.2. The highest BCUT2D eigenvalue weighted by Crippen LogP contribution is 2.33. The molecule has 1 atom stereocenters. The first kappa shape index (κ1) is 26.0. The minimum absolute atomic E-state index is 0.253. The van der Waals surface area contributed by atoms with Gasteiger partial charge in [0.15, 0.2) is 6.10 Å².